The van der Waals surface area contributed by atoms with Crippen LogP contribution in [0.2, 0.25) is 0 Å². The van der Waals surface area contributed by atoms with Crippen molar-refractivity contribution < 1.29 is 13.2 Å². The number of thiophene rings is 1. The molecule has 0 aliphatic carbocycles. The summed E-state index contributed by atoms with van der Waals surface area (Å²) in [5, 5.41) is 3.76. The van der Waals surface area contributed by atoms with Gasteiger partial charge in [0, 0.05) is 16.5 Å². The van der Waals surface area contributed by atoms with Gasteiger partial charge in [-0.2, -0.15) is 0 Å². The fourth-order valence-corrected chi connectivity index (χ4v) is 5.00. The minimum Gasteiger partial charge on any atom is -0.321 e. The van der Waals surface area contributed by atoms with Gasteiger partial charge in [-0.3, -0.25) is 4.79 Å². The van der Waals surface area contributed by atoms with Crippen LogP contribution in [-0.2, 0) is 15.3 Å². The van der Waals surface area contributed by atoms with Crippen LogP contribution < -0.4 is 5.32 Å². The number of amides is 1. The SMILES string of the molecule is CCS(=O)(=O)c1ccc(NC(=O)c2sc3nc(C(C)(C)C)nc(C)c3c2C)cc1. The van der Waals surface area contributed by atoms with Crippen LogP contribution >= 0.6 is 11.3 Å². The van der Waals surface area contributed by atoms with Gasteiger partial charge in [-0.1, -0.05) is 27.7 Å². The topological polar surface area (TPSA) is 89.0 Å². The number of hydrogen-bond acceptors (Lipinski definition) is 6. The average Bonchev–Trinajstić information content (AvgIpc) is 2.99. The first-order chi connectivity index (χ1) is 13.4. The Morgan fingerprint density at radius 2 is 1.72 bits per heavy atom. The lowest BCUT2D eigenvalue weighted by molar-refractivity contribution is 0.103. The largest absolute Gasteiger partial charge is 0.321 e. The second-order valence-corrected chi connectivity index (χ2v) is 11.3. The van der Waals surface area contributed by atoms with Gasteiger partial charge in [-0.25, -0.2) is 18.4 Å². The van der Waals surface area contributed by atoms with Crippen LogP contribution in [-0.4, -0.2) is 30.0 Å². The summed E-state index contributed by atoms with van der Waals surface area (Å²) in [5.74, 6) is 0.549. The molecule has 29 heavy (non-hydrogen) atoms. The number of sulfone groups is 1. The van der Waals surface area contributed by atoms with Gasteiger partial charge in [0.25, 0.3) is 5.91 Å². The molecule has 1 aromatic carbocycles. The van der Waals surface area contributed by atoms with E-state index in [0.717, 1.165) is 27.3 Å². The summed E-state index contributed by atoms with van der Waals surface area (Å²) < 4.78 is 23.9. The maximum Gasteiger partial charge on any atom is 0.266 e. The van der Waals surface area contributed by atoms with Crippen LogP contribution in [0.3, 0.4) is 0 Å². The number of hydrogen-bond donors (Lipinski definition) is 1. The number of fused-ring (bicyclic) bond motifs is 1. The van der Waals surface area contributed by atoms with E-state index in [1.165, 1.54) is 23.5 Å². The van der Waals surface area contributed by atoms with Crippen LogP contribution in [0.4, 0.5) is 5.69 Å². The lowest BCUT2D eigenvalue weighted by atomic mass is 9.95. The third-order valence-corrected chi connectivity index (χ3v) is 7.63. The van der Waals surface area contributed by atoms with E-state index in [1.54, 1.807) is 19.1 Å². The smallest absolute Gasteiger partial charge is 0.266 e. The molecule has 8 heteroatoms. The lowest BCUT2D eigenvalue weighted by Crippen LogP contribution is -2.16. The van der Waals surface area contributed by atoms with Gasteiger partial charge in [0.1, 0.15) is 10.7 Å². The Morgan fingerprint density at radius 3 is 2.28 bits per heavy atom. The van der Waals surface area contributed by atoms with Gasteiger partial charge in [-0.05, 0) is 43.7 Å². The van der Waals surface area contributed by atoms with Crippen molar-refractivity contribution in [2.24, 2.45) is 0 Å². The summed E-state index contributed by atoms with van der Waals surface area (Å²) in [6.45, 7) is 11.6. The number of anilines is 1. The highest BCUT2D eigenvalue weighted by Gasteiger charge is 2.23. The van der Waals surface area contributed by atoms with Gasteiger partial charge in [-0.15, -0.1) is 11.3 Å². The number of nitrogens with one attached hydrogen (secondary N) is 1. The molecule has 0 spiro atoms. The Labute approximate surface area is 175 Å². The third kappa shape index (κ3) is 4.18. The van der Waals surface area contributed by atoms with Crippen LogP contribution in [0, 0.1) is 13.8 Å². The second-order valence-electron chi connectivity index (χ2n) is 8.00. The van der Waals surface area contributed by atoms with E-state index in [-0.39, 0.29) is 22.0 Å². The summed E-state index contributed by atoms with van der Waals surface area (Å²) in [6.07, 6.45) is 0. The zero-order chi connectivity index (χ0) is 21.6. The molecule has 6 nitrogen and oxygen atoms in total. The Bertz CT molecular complexity index is 1190. The Hall–Kier alpha value is -2.32. The molecular weight excluding hydrogens is 406 g/mol. The van der Waals surface area contributed by atoms with Crippen molar-refractivity contribution in [2.75, 3.05) is 11.1 Å². The summed E-state index contributed by atoms with van der Waals surface area (Å²) >= 11 is 1.35. The molecule has 2 heterocycles. The van der Waals surface area contributed by atoms with Crippen LogP contribution in [0.5, 0.6) is 0 Å². The third-order valence-electron chi connectivity index (χ3n) is 4.70. The van der Waals surface area contributed by atoms with Gasteiger partial charge in [0.15, 0.2) is 9.84 Å². The summed E-state index contributed by atoms with van der Waals surface area (Å²) in [7, 11) is -3.27. The van der Waals surface area contributed by atoms with E-state index in [4.69, 9.17) is 0 Å². The maximum absolute atomic E-state index is 12.9. The van der Waals surface area contributed by atoms with Gasteiger partial charge in [0.2, 0.25) is 0 Å². The van der Waals surface area contributed by atoms with Crippen molar-refractivity contribution in [2.45, 2.75) is 51.9 Å². The maximum atomic E-state index is 12.9. The number of aromatic nitrogens is 2. The summed E-state index contributed by atoms with van der Waals surface area (Å²) in [5.41, 5.74) is 2.08. The van der Waals surface area contributed by atoms with Crippen molar-refractivity contribution in [3.05, 3.63) is 46.2 Å². The minimum atomic E-state index is -3.27. The van der Waals surface area contributed by atoms with E-state index in [9.17, 15) is 13.2 Å². The van der Waals surface area contributed by atoms with Crippen molar-refractivity contribution >= 4 is 43.0 Å². The zero-order valence-corrected chi connectivity index (χ0v) is 19.1. The molecule has 154 valence electrons. The second kappa shape index (κ2) is 7.50. The normalized spacial score (nSPS) is 12.3. The van der Waals surface area contributed by atoms with Crippen molar-refractivity contribution in [1.29, 1.82) is 0 Å². The number of aryl methyl sites for hydroxylation is 2. The summed E-state index contributed by atoms with van der Waals surface area (Å²) in [6, 6.07) is 6.23. The molecule has 0 aliphatic heterocycles. The predicted molar refractivity (Wildman–Crippen MR) is 118 cm³/mol. The van der Waals surface area contributed by atoms with E-state index < -0.39 is 9.84 Å². The quantitative estimate of drug-likeness (QED) is 0.649. The molecule has 1 N–H and O–H groups in total. The number of rotatable bonds is 4. The van der Waals surface area contributed by atoms with Gasteiger partial charge < -0.3 is 5.32 Å². The molecule has 1 amide bonds. The Kier molecular flexibility index (Phi) is 5.53. The van der Waals surface area contributed by atoms with E-state index in [2.05, 4.69) is 36.1 Å². The van der Waals surface area contributed by atoms with Crippen molar-refractivity contribution in [3.63, 3.8) is 0 Å². The van der Waals surface area contributed by atoms with E-state index in [0.29, 0.717) is 10.6 Å². The molecule has 3 rings (SSSR count). The van der Waals surface area contributed by atoms with Gasteiger partial charge >= 0.3 is 0 Å². The first-order valence-corrected chi connectivity index (χ1v) is 11.8. The molecule has 0 atom stereocenters. The first-order valence-electron chi connectivity index (χ1n) is 9.36. The number of benzene rings is 1. The molecule has 0 aliphatic rings. The zero-order valence-electron chi connectivity index (χ0n) is 17.5. The first kappa shape index (κ1) is 21.4. The van der Waals surface area contributed by atoms with Crippen molar-refractivity contribution in [3.8, 4) is 0 Å². The highest BCUT2D eigenvalue weighted by Crippen LogP contribution is 2.33. The Balaban J connectivity index is 1.93. The highest BCUT2D eigenvalue weighted by molar-refractivity contribution is 7.91. The van der Waals surface area contributed by atoms with E-state index >= 15 is 0 Å². The molecule has 0 bridgehead atoms. The van der Waals surface area contributed by atoms with Crippen LogP contribution in [0.15, 0.2) is 29.2 Å². The monoisotopic (exact) mass is 431 g/mol. The average molecular weight is 432 g/mol. The fourth-order valence-electron chi connectivity index (χ4n) is 2.99. The van der Waals surface area contributed by atoms with E-state index in [1.807, 2.05) is 13.8 Å². The molecular formula is C21H25N3O3S2. The van der Waals surface area contributed by atoms with Crippen LogP contribution in [0.25, 0.3) is 10.2 Å². The molecule has 3 aromatic rings. The summed E-state index contributed by atoms with van der Waals surface area (Å²) in [4.78, 5) is 23.8. The molecule has 0 saturated heterocycles. The number of carbonyl (C=O) groups excluding carboxylic acids is 1. The molecule has 0 unspecified atom stereocenters. The molecule has 0 radical (unpaired) electrons. The fraction of sp³-hybridized carbons (Fsp3) is 0.381. The highest BCUT2D eigenvalue weighted by atomic mass is 32.2. The predicted octanol–water partition coefficient (Wildman–Crippen LogP) is 4.65. The number of nitrogens with zero attached hydrogens (tertiary/aromatic N) is 2. The van der Waals surface area contributed by atoms with Crippen molar-refractivity contribution in [1.82, 2.24) is 9.97 Å². The van der Waals surface area contributed by atoms with Gasteiger partial charge in [0.05, 0.1) is 21.2 Å². The molecule has 0 saturated carbocycles. The molecule has 2 aromatic heterocycles. The standard InChI is InChI=1S/C21H25N3O3S2/c1-7-29(26,27)15-10-8-14(9-11-15)23-18(25)17-12(2)16-13(3)22-20(21(4,5)6)24-19(16)28-17/h8-11H,7H2,1-6H3,(H,23,25). The Morgan fingerprint density at radius 1 is 1.10 bits per heavy atom. The lowest BCUT2D eigenvalue weighted by Gasteiger charge is -2.16. The minimum absolute atomic E-state index is 0.0383. The molecule has 0 fully saturated rings. The van der Waals surface area contributed by atoms with Crippen LogP contribution in [0.1, 0.15) is 54.4 Å². The number of carbonyl (C=O) groups is 1.